The molecule has 0 bridgehead atoms. The fraction of sp³-hybridized carbons (Fsp3) is 0.538. The molecule has 1 heterocycles. The monoisotopic (exact) mass is 221 g/mol. The molecule has 1 saturated heterocycles. The van der Waals surface area contributed by atoms with E-state index in [1.54, 1.807) is 13.2 Å². The fourth-order valence-electron chi connectivity index (χ4n) is 2.37. The van der Waals surface area contributed by atoms with Crippen LogP contribution in [0, 0.1) is 6.92 Å². The van der Waals surface area contributed by atoms with Crippen LogP contribution < -0.4 is 10.1 Å². The van der Waals surface area contributed by atoms with Gasteiger partial charge in [-0.25, -0.2) is 0 Å². The molecule has 0 aliphatic carbocycles. The first-order valence-corrected chi connectivity index (χ1v) is 5.81. The maximum Gasteiger partial charge on any atom is 0.163 e. The minimum absolute atomic E-state index is 0.237. The van der Waals surface area contributed by atoms with Gasteiger partial charge in [-0.15, -0.1) is 0 Å². The van der Waals surface area contributed by atoms with Gasteiger partial charge in [0.1, 0.15) is 0 Å². The Balaban J connectivity index is 2.26. The maximum atomic E-state index is 9.74. The first-order chi connectivity index (χ1) is 7.72. The smallest absolute Gasteiger partial charge is 0.163 e. The largest absolute Gasteiger partial charge is 0.504 e. The van der Waals surface area contributed by atoms with Crippen LogP contribution in [-0.2, 0) is 6.42 Å². The van der Waals surface area contributed by atoms with E-state index in [1.807, 2.05) is 6.07 Å². The number of methoxy groups -OCH3 is 1. The zero-order valence-corrected chi connectivity index (χ0v) is 9.92. The van der Waals surface area contributed by atoms with Gasteiger partial charge in [0, 0.05) is 11.6 Å². The molecule has 1 fully saturated rings. The van der Waals surface area contributed by atoms with Crippen molar-refractivity contribution in [2.75, 3.05) is 13.7 Å². The molecule has 88 valence electrons. The van der Waals surface area contributed by atoms with Gasteiger partial charge >= 0.3 is 0 Å². The second kappa shape index (κ2) is 4.74. The summed E-state index contributed by atoms with van der Waals surface area (Å²) in [5, 5.41) is 13.2. The Kier molecular flexibility index (Phi) is 3.34. The predicted molar refractivity (Wildman–Crippen MR) is 64.1 cm³/mol. The molecular formula is C13H19NO2. The van der Waals surface area contributed by atoms with Gasteiger partial charge < -0.3 is 15.2 Å². The fourth-order valence-corrected chi connectivity index (χ4v) is 2.37. The minimum atomic E-state index is 0.237. The number of hydrogen-bond acceptors (Lipinski definition) is 3. The molecule has 1 aliphatic rings. The van der Waals surface area contributed by atoms with Crippen LogP contribution in [0.2, 0.25) is 0 Å². The summed E-state index contributed by atoms with van der Waals surface area (Å²) >= 11 is 0. The van der Waals surface area contributed by atoms with E-state index >= 15 is 0 Å². The van der Waals surface area contributed by atoms with E-state index in [1.165, 1.54) is 18.4 Å². The molecule has 0 saturated carbocycles. The lowest BCUT2D eigenvalue weighted by molar-refractivity contribution is 0.367. The molecule has 0 radical (unpaired) electrons. The van der Waals surface area contributed by atoms with Crippen LogP contribution in [0.4, 0.5) is 0 Å². The third-order valence-electron chi connectivity index (χ3n) is 3.29. The van der Waals surface area contributed by atoms with Crippen molar-refractivity contribution < 1.29 is 9.84 Å². The average Bonchev–Trinajstić information content (AvgIpc) is 2.77. The van der Waals surface area contributed by atoms with Gasteiger partial charge in [0.2, 0.25) is 0 Å². The molecule has 0 aromatic heterocycles. The summed E-state index contributed by atoms with van der Waals surface area (Å²) in [6.07, 6.45) is 3.38. The summed E-state index contributed by atoms with van der Waals surface area (Å²) in [5.74, 6) is 0.870. The van der Waals surface area contributed by atoms with Crippen molar-refractivity contribution in [3.05, 3.63) is 23.3 Å². The Hall–Kier alpha value is -1.22. The highest BCUT2D eigenvalue weighted by Gasteiger charge is 2.19. The van der Waals surface area contributed by atoms with Crippen molar-refractivity contribution in [1.82, 2.24) is 5.32 Å². The van der Waals surface area contributed by atoms with Crippen molar-refractivity contribution in [3.8, 4) is 11.5 Å². The Labute approximate surface area is 96.4 Å². The van der Waals surface area contributed by atoms with E-state index in [0.717, 1.165) is 18.5 Å². The Morgan fingerprint density at radius 1 is 1.50 bits per heavy atom. The Morgan fingerprint density at radius 2 is 2.31 bits per heavy atom. The molecule has 0 amide bonds. The number of benzene rings is 1. The first-order valence-electron chi connectivity index (χ1n) is 5.81. The highest BCUT2D eigenvalue weighted by molar-refractivity contribution is 5.50. The van der Waals surface area contributed by atoms with Crippen molar-refractivity contribution in [2.24, 2.45) is 0 Å². The first kappa shape index (κ1) is 11.3. The molecule has 16 heavy (non-hydrogen) atoms. The lowest BCUT2D eigenvalue weighted by Gasteiger charge is -2.16. The molecule has 1 aromatic rings. The standard InChI is InChI=1S/C13H19NO2/c1-9-5-6-12(15)13(16-2)11(9)8-10-4-3-7-14-10/h5-6,10,14-15H,3-4,7-8H2,1-2H3. The van der Waals surface area contributed by atoms with Crippen LogP contribution >= 0.6 is 0 Å². The number of phenolic OH excluding ortho intramolecular Hbond substituents is 1. The number of phenols is 1. The normalized spacial score (nSPS) is 20.0. The van der Waals surface area contributed by atoms with Crippen molar-refractivity contribution in [1.29, 1.82) is 0 Å². The maximum absolute atomic E-state index is 9.74. The van der Waals surface area contributed by atoms with E-state index in [9.17, 15) is 5.11 Å². The number of rotatable bonds is 3. The average molecular weight is 221 g/mol. The molecule has 2 N–H and O–H groups in total. The van der Waals surface area contributed by atoms with Gasteiger partial charge in [-0.2, -0.15) is 0 Å². The molecular weight excluding hydrogens is 202 g/mol. The number of hydrogen-bond donors (Lipinski definition) is 2. The van der Waals surface area contributed by atoms with Crippen LogP contribution in [-0.4, -0.2) is 24.8 Å². The lowest BCUT2D eigenvalue weighted by atomic mass is 9.98. The van der Waals surface area contributed by atoms with Crippen molar-refractivity contribution >= 4 is 0 Å². The molecule has 1 aliphatic heterocycles. The van der Waals surface area contributed by atoms with Gasteiger partial charge in [0.05, 0.1) is 7.11 Å². The Bertz CT molecular complexity index is 370. The zero-order valence-electron chi connectivity index (χ0n) is 9.92. The van der Waals surface area contributed by atoms with E-state index in [-0.39, 0.29) is 5.75 Å². The third kappa shape index (κ3) is 2.14. The number of ether oxygens (including phenoxy) is 1. The van der Waals surface area contributed by atoms with Gasteiger partial charge in [0.25, 0.3) is 0 Å². The molecule has 0 spiro atoms. The summed E-state index contributed by atoms with van der Waals surface area (Å²) in [4.78, 5) is 0. The lowest BCUT2D eigenvalue weighted by Crippen LogP contribution is -2.24. The van der Waals surface area contributed by atoms with Crippen LogP contribution in [0.25, 0.3) is 0 Å². The number of aryl methyl sites for hydroxylation is 1. The van der Waals surface area contributed by atoms with Crippen LogP contribution in [0.3, 0.4) is 0 Å². The Morgan fingerprint density at radius 3 is 2.94 bits per heavy atom. The van der Waals surface area contributed by atoms with Crippen LogP contribution in [0.5, 0.6) is 11.5 Å². The molecule has 1 atom stereocenters. The third-order valence-corrected chi connectivity index (χ3v) is 3.29. The van der Waals surface area contributed by atoms with E-state index < -0.39 is 0 Å². The molecule has 3 nitrogen and oxygen atoms in total. The highest BCUT2D eigenvalue weighted by Crippen LogP contribution is 2.33. The molecule has 2 rings (SSSR count). The second-order valence-electron chi connectivity index (χ2n) is 4.41. The van der Waals surface area contributed by atoms with E-state index in [2.05, 4.69) is 12.2 Å². The van der Waals surface area contributed by atoms with Crippen molar-refractivity contribution in [2.45, 2.75) is 32.2 Å². The van der Waals surface area contributed by atoms with Crippen LogP contribution in [0.15, 0.2) is 12.1 Å². The quantitative estimate of drug-likeness (QED) is 0.820. The van der Waals surface area contributed by atoms with E-state index in [0.29, 0.717) is 11.8 Å². The zero-order chi connectivity index (χ0) is 11.5. The summed E-state index contributed by atoms with van der Waals surface area (Å²) in [5.41, 5.74) is 2.31. The predicted octanol–water partition coefficient (Wildman–Crippen LogP) is 2.00. The van der Waals surface area contributed by atoms with Gasteiger partial charge in [0.15, 0.2) is 11.5 Å². The highest BCUT2D eigenvalue weighted by atomic mass is 16.5. The molecule has 1 unspecified atom stereocenters. The van der Waals surface area contributed by atoms with Gasteiger partial charge in [-0.3, -0.25) is 0 Å². The van der Waals surface area contributed by atoms with E-state index in [4.69, 9.17) is 4.74 Å². The van der Waals surface area contributed by atoms with Crippen LogP contribution in [0.1, 0.15) is 24.0 Å². The summed E-state index contributed by atoms with van der Waals surface area (Å²) in [7, 11) is 1.61. The number of aromatic hydroxyl groups is 1. The SMILES string of the molecule is COc1c(O)ccc(C)c1CC1CCCN1. The summed E-state index contributed by atoms with van der Waals surface area (Å²) in [6.45, 7) is 3.16. The number of nitrogens with one attached hydrogen (secondary N) is 1. The minimum Gasteiger partial charge on any atom is -0.504 e. The van der Waals surface area contributed by atoms with Crippen molar-refractivity contribution in [3.63, 3.8) is 0 Å². The molecule has 3 heteroatoms. The molecule has 1 aromatic carbocycles. The second-order valence-corrected chi connectivity index (χ2v) is 4.41. The summed E-state index contributed by atoms with van der Waals surface area (Å²) < 4.78 is 5.29. The topological polar surface area (TPSA) is 41.5 Å². The summed E-state index contributed by atoms with van der Waals surface area (Å²) in [6, 6.07) is 4.16. The van der Waals surface area contributed by atoms with Gasteiger partial charge in [-0.1, -0.05) is 6.07 Å². The van der Waals surface area contributed by atoms with Gasteiger partial charge in [-0.05, 0) is 44.4 Å².